The lowest BCUT2D eigenvalue weighted by Gasteiger charge is -2.46. The number of aliphatic hydroxyl groups excluding tert-OH is 1. The number of fused-ring (bicyclic) bond motifs is 1. The van der Waals surface area contributed by atoms with Crippen LogP contribution in [0.3, 0.4) is 0 Å². The Morgan fingerprint density at radius 1 is 1.18 bits per heavy atom. The van der Waals surface area contributed by atoms with Gasteiger partial charge in [-0.05, 0) is 69.8 Å². The smallest absolute Gasteiger partial charge is 0.312 e. The Balaban J connectivity index is 1.84. The number of benzene rings is 1. The lowest BCUT2D eigenvalue weighted by molar-refractivity contribution is -0.165. The van der Waals surface area contributed by atoms with Crippen molar-refractivity contribution in [2.45, 2.75) is 109 Å². The van der Waals surface area contributed by atoms with Crippen LogP contribution in [0.5, 0.6) is 0 Å². The fourth-order valence-corrected chi connectivity index (χ4v) is 8.64. The molecular formula is C37H54N2O6. The summed E-state index contributed by atoms with van der Waals surface area (Å²) >= 11 is 0. The molecule has 45 heavy (non-hydrogen) atoms. The van der Waals surface area contributed by atoms with Gasteiger partial charge in [-0.2, -0.15) is 0 Å². The first kappa shape index (κ1) is 34.9. The normalized spacial score (nSPS) is 29.8. The quantitative estimate of drug-likeness (QED) is 0.171. The zero-order chi connectivity index (χ0) is 33.4. The lowest BCUT2D eigenvalue weighted by atomic mass is 9.62. The summed E-state index contributed by atoms with van der Waals surface area (Å²) in [5.74, 6) is -2.94. The molecule has 8 heteroatoms. The average molecular weight is 623 g/mol. The Labute approximate surface area is 269 Å². The summed E-state index contributed by atoms with van der Waals surface area (Å²) in [5, 5.41) is 10.8. The highest BCUT2D eigenvalue weighted by molar-refractivity contribution is 5.99. The summed E-state index contributed by atoms with van der Waals surface area (Å²) in [6.07, 6.45) is 6.34. The Bertz CT molecular complexity index is 1270. The van der Waals surface area contributed by atoms with Gasteiger partial charge < -0.3 is 24.4 Å². The van der Waals surface area contributed by atoms with Crippen LogP contribution in [0.1, 0.15) is 79.7 Å². The highest BCUT2D eigenvalue weighted by Gasteiger charge is 2.81. The molecule has 0 aromatic heterocycles. The van der Waals surface area contributed by atoms with E-state index in [2.05, 4.69) is 33.9 Å². The van der Waals surface area contributed by atoms with Crippen LogP contribution in [0.4, 0.5) is 0 Å². The van der Waals surface area contributed by atoms with Crippen molar-refractivity contribution in [2.24, 2.45) is 23.2 Å². The van der Waals surface area contributed by atoms with E-state index in [1.54, 1.807) is 17.1 Å². The van der Waals surface area contributed by atoms with Gasteiger partial charge in [0, 0.05) is 12.1 Å². The minimum absolute atomic E-state index is 0.0824. The number of ether oxygens (including phenoxy) is 2. The van der Waals surface area contributed by atoms with Crippen molar-refractivity contribution in [3.8, 4) is 0 Å². The third kappa shape index (κ3) is 6.37. The van der Waals surface area contributed by atoms with Gasteiger partial charge >= 0.3 is 5.97 Å². The van der Waals surface area contributed by atoms with Crippen LogP contribution in [-0.2, 0) is 30.3 Å². The predicted molar refractivity (Wildman–Crippen MR) is 175 cm³/mol. The van der Waals surface area contributed by atoms with E-state index in [0.717, 1.165) is 5.56 Å². The third-order valence-corrected chi connectivity index (χ3v) is 10.2. The first-order valence-corrected chi connectivity index (χ1v) is 16.4. The second-order valence-electron chi connectivity index (χ2n) is 15.4. The van der Waals surface area contributed by atoms with Crippen LogP contribution in [-0.4, -0.2) is 81.3 Å². The van der Waals surface area contributed by atoms with Crippen molar-refractivity contribution < 1.29 is 29.0 Å². The summed E-state index contributed by atoms with van der Waals surface area (Å²) in [6.45, 7) is 22.3. The molecule has 3 fully saturated rings. The molecule has 248 valence electrons. The van der Waals surface area contributed by atoms with E-state index < -0.39 is 46.6 Å². The summed E-state index contributed by atoms with van der Waals surface area (Å²) in [4.78, 5) is 47.2. The van der Waals surface area contributed by atoms with Crippen molar-refractivity contribution in [3.63, 3.8) is 0 Å². The van der Waals surface area contributed by atoms with Crippen LogP contribution in [0.25, 0.3) is 0 Å². The van der Waals surface area contributed by atoms with Crippen molar-refractivity contribution in [1.29, 1.82) is 0 Å². The molecule has 0 saturated carbocycles. The molecular weight excluding hydrogens is 568 g/mol. The molecule has 0 radical (unpaired) electrons. The molecule has 0 aliphatic carbocycles. The second-order valence-corrected chi connectivity index (χ2v) is 15.4. The van der Waals surface area contributed by atoms with Gasteiger partial charge in [-0.25, -0.2) is 0 Å². The van der Waals surface area contributed by atoms with Crippen LogP contribution < -0.4 is 0 Å². The molecule has 3 aliphatic rings. The molecule has 3 unspecified atom stereocenters. The number of nitrogens with zero attached hydrogens (tertiary/aromatic N) is 2. The lowest BCUT2D eigenvalue weighted by Crippen LogP contribution is -2.62. The van der Waals surface area contributed by atoms with E-state index >= 15 is 4.79 Å². The number of likely N-dealkylation sites (tertiary alicyclic amines) is 1. The van der Waals surface area contributed by atoms with Crippen LogP contribution in [0, 0.1) is 23.2 Å². The average Bonchev–Trinajstić information content (AvgIpc) is 3.48. The van der Waals surface area contributed by atoms with Crippen molar-refractivity contribution in [2.75, 3.05) is 19.8 Å². The van der Waals surface area contributed by atoms with Gasteiger partial charge in [-0.1, -0.05) is 70.2 Å². The van der Waals surface area contributed by atoms with Gasteiger partial charge in [0.15, 0.2) is 0 Å². The van der Waals surface area contributed by atoms with E-state index in [1.165, 1.54) is 0 Å². The molecule has 3 heterocycles. The second kappa shape index (κ2) is 13.0. The molecule has 3 aliphatic heterocycles. The number of hydrogen-bond acceptors (Lipinski definition) is 6. The molecule has 1 aromatic rings. The first-order chi connectivity index (χ1) is 21.1. The zero-order valence-electron chi connectivity index (χ0n) is 28.4. The maximum atomic E-state index is 15.2. The molecule has 2 bridgehead atoms. The number of esters is 1. The summed E-state index contributed by atoms with van der Waals surface area (Å²) < 4.78 is 12.7. The molecule has 4 rings (SSSR count). The largest absolute Gasteiger partial charge is 0.465 e. The fraction of sp³-hybridized carbons (Fsp3) is 0.649. The highest BCUT2D eigenvalue weighted by Crippen LogP contribution is 2.66. The number of unbranched alkanes of at least 4 members (excludes halogenated alkanes) is 1. The number of hydrogen-bond donors (Lipinski definition) is 1. The van der Waals surface area contributed by atoms with Gasteiger partial charge in [-0.15, -0.1) is 13.2 Å². The predicted octanol–water partition coefficient (Wildman–Crippen LogP) is 5.34. The van der Waals surface area contributed by atoms with Crippen molar-refractivity contribution in [1.82, 2.24) is 9.80 Å². The number of carbonyl (C=O) groups excluding carboxylic acids is 3. The van der Waals surface area contributed by atoms with Gasteiger partial charge in [0.1, 0.15) is 17.6 Å². The van der Waals surface area contributed by atoms with E-state index in [1.807, 2.05) is 62.9 Å². The number of carbonyl (C=O) groups is 3. The molecule has 3 saturated heterocycles. The standard InChI is InChI=1S/C37H54N2O6/c1-10-12-16-20-44-33(43)29-28-31(41)39(27(23-40)21-26-17-14-13-15-18-26)30(37(28)22-25(3)36(29,9)45-37)32(42)38(19-11-2)35(7,8)24-34(4,5)6/h10-11,13-15,17-18,25,27-30,40H,1-2,12,16,19-24H2,3-9H3/t25?,27-,28+,29+,30?,36-,37?/m1/s1. The summed E-state index contributed by atoms with van der Waals surface area (Å²) in [6, 6.07) is 7.92. The maximum absolute atomic E-state index is 15.2. The van der Waals surface area contributed by atoms with E-state index in [9.17, 15) is 14.7 Å². The Kier molecular flexibility index (Phi) is 10.1. The van der Waals surface area contributed by atoms with E-state index in [-0.39, 0.29) is 42.9 Å². The minimum atomic E-state index is -1.24. The maximum Gasteiger partial charge on any atom is 0.312 e. The molecule has 1 N–H and O–H groups in total. The van der Waals surface area contributed by atoms with Crippen LogP contribution >= 0.6 is 0 Å². The Morgan fingerprint density at radius 2 is 1.84 bits per heavy atom. The third-order valence-electron chi connectivity index (χ3n) is 10.2. The van der Waals surface area contributed by atoms with Crippen LogP contribution in [0.2, 0.25) is 0 Å². The van der Waals surface area contributed by atoms with Gasteiger partial charge in [0.05, 0.1) is 30.8 Å². The molecule has 1 spiro atoms. The monoisotopic (exact) mass is 622 g/mol. The van der Waals surface area contributed by atoms with Crippen molar-refractivity contribution >= 4 is 17.8 Å². The number of rotatable bonds is 14. The van der Waals surface area contributed by atoms with Gasteiger partial charge in [-0.3, -0.25) is 14.4 Å². The van der Waals surface area contributed by atoms with E-state index in [0.29, 0.717) is 32.1 Å². The first-order valence-electron chi connectivity index (χ1n) is 16.4. The van der Waals surface area contributed by atoms with Gasteiger partial charge in [0.25, 0.3) is 0 Å². The molecule has 7 atom stereocenters. The zero-order valence-corrected chi connectivity index (χ0v) is 28.4. The minimum Gasteiger partial charge on any atom is -0.465 e. The highest BCUT2D eigenvalue weighted by atomic mass is 16.6. The SMILES string of the molecule is C=CCCCOC(=O)[C@@H]1[C@H]2C(=O)N([C@@H](CO)Cc3ccccc3)C(C(=O)N(CC=C)C(C)(C)CC(C)(C)C)C23CC(C)[C@@]1(C)O3. The van der Waals surface area contributed by atoms with Gasteiger partial charge in [0.2, 0.25) is 11.8 Å². The topological polar surface area (TPSA) is 96.4 Å². The van der Waals surface area contributed by atoms with E-state index in [4.69, 9.17) is 9.47 Å². The summed E-state index contributed by atoms with van der Waals surface area (Å²) in [5.41, 5.74) is -1.95. The molecule has 1 aromatic carbocycles. The fourth-order valence-electron chi connectivity index (χ4n) is 8.64. The Hall–Kier alpha value is -2.97. The summed E-state index contributed by atoms with van der Waals surface area (Å²) in [7, 11) is 0. The van der Waals surface area contributed by atoms with Crippen LogP contribution in [0.15, 0.2) is 55.6 Å². The Morgan fingerprint density at radius 3 is 2.42 bits per heavy atom. The molecule has 2 amide bonds. The molecule has 8 nitrogen and oxygen atoms in total. The number of allylic oxidation sites excluding steroid dienone is 1. The number of aliphatic hydroxyl groups is 1. The van der Waals surface area contributed by atoms with Crippen molar-refractivity contribution in [3.05, 3.63) is 61.2 Å². The number of amides is 2.